The van der Waals surface area contributed by atoms with Gasteiger partial charge in [-0.25, -0.2) is 0 Å². The lowest BCUT2D eigenvalue weighted by molar-refractivity contribution is -0.117. The summed E-state index contributed by atoms with van der Waals surface area (Å²) < 4.78 is 10.6. The Kier molecular flexibility index (Phi) is 5.11. The van der Waals surface area contributed by atoms with E-state index in [-0.39, 0.29) is 18.7 Å². The van der Waals surface area contributed by atoms with Crippen LogP contribution >= 0.6 is 22.9 Å². The molecule has 3 rings (SSSR count). The Labute approximate surface area is 150 Å². The highest BCUT2D eigenvalue weighted by Gasteiger charge is 2.19. The van der Waals surface area contributed by atoms with Crippen LogP contribution in [0.3, 0.4) is 0 Å². The second-order valence-electron chi connectivity index (χ2n) is 5.82. The van der Waals surface area contributed by atoms with Crippen LogP contribution in [0, 0.1) is 5.92 Å². The van der Waals surface area contributed by atoms with Crippen molar-refractivity contribution in [3.8, 4) is 11.5 Å². The highest BCUT2D eigenvalue weighted by atomic mass is 35.5. The van der Waals surface area contributed by atoms with Crippen molar-refractivity contribution in [3.63, 3.8) is 0 Å². The predicted octanol–water partition coefficient (Wildman–Crippen LogP) is 4.66. The monoisotopic (exact) mass is 363 g/mol. The first-order valence-electron chi connectivity index (χ1n) is 7.65. The van der Waals surface area contributed by atoms with Crippen LogP contribution < -0.4 is 14.8 Å². The van der Waals surface area contributed by atoms with Crippen LogP contribution in [0.1, 0.15) is 30.3 Å². The van der Waals surface area contributed by atoms with Crippen molar-refractivity contribution in [2.45, 2.75) is 19.9 Å². The molecule has 2 aromatic rings. The lowest BCUT2D eigenvalue weighted by atomic mass is 10.0. The maximum Gasteiger partial charge on any atom is 0.244 e. The summed E-state index contributed by atoms with van der Waals surface area (Å²) in [5.74, 6) is 1.31. The summed E-state index contributed by atoms with van der Waals surface area (Å²) in [5.41, 5.74) is 0.789. The smallest absolute Gasteiger partial charge is 0.244 e. The Morgan fingerprint density at radius 1 is 1.38 bits per heavy atom. The van der Waals surface area contributed by atoms with Crippen LogP contribution in [0.25, 0.3) is 6.08 Å². The Balaban J connectivity index is 1.70. The van der Waals surface area contributed by atoms with E-state index >= 15 is 0 Å². The standard InChI is InChI=1S/C18H18ClNO3S/c1-11(2)17(15-4-3-7-24-15)20-16(21)6-5-12-8-13(19)18-14(9-12)22-10-23-18/h3-9,11,17H,10H2,1-2H3,(H,20,21)/b6-5+/t17-/m1/s1. The third-order valence-corrected chi connectivity index (χ3v) is 4.93. The van der Waals surface area contributed by atoms with Gasteiger partial charge >= 0.3 is 0 Å². The first-order valence-corrected chi connectivity index (χ1v) is 8.91. The number of hydrogen-bond donors (Lipinski definition) is 1. The summed E-state index contributed by atoms with van der Waals surface area (Å²) in [6.45, 7) is 4.34. The van der Waals surface area contributed by atoms with Gasteiger partial charge in [0.15, 0.2) is 11.5 Å². The van der Waals surface area contributed by atoms with Gasteiger partial charge in [-0.15, -0.1) is 11.3 Å². The van der Waals surface area contributed by atoms with Gasteiger partial charge in [-0.2, -0.15) is 0 Å². The van der Waals surface area contributed by atoms with Gasteiger partial charge in [0.1, 0.15) is 0 Å². The second-order valence-corrected chi connectivity index (χ2v) is 7.20. The van der Waals surface area contributed by atoms with Gasteiger partial charge < -0.3 is 14.8 Å². The van der Waals surface area contributed by atoms with Gasteiger partial charge in [0.2, 0.25) is 12.7 Å². The van der Waals surface area contributed by atoms with Crippen molar-refractivity contribution in [1.29, 1.82) is 0 Å². The minimum atomic E-state index is -0.143. The number of carbonyl (C=O) groups is 1. The summed E-state index contributed by atoms with van der Waals surface area (Å²) >= 11 is 7.79. The molecule has 6 heteroatoms. The zero-order chi connectivity index (χ0) is 17.1. The van der Waals surface area contributed by atoms with Crippen molar-refractivity contribution in [2.75, 3.05) is 6.79 Å². The molecule has 0 saturated carbocycles. The lowest BCUT2D eigenvalue weighted by Gasteiger charge is -2.20. The molecule has 4 nitrogen and oxygen atoms in total. The zero-order valence-electron chi connectivity index (χ0n) is 13.4. The Morgan fingerprint density at radius 3 is 2.92 bits per heavy atom. The molecule has 0 aliphatic carbocycles. The molecule has 1 atom stereocenters. The summed E-state index contributed by atoms with van der Waals surface area (Å²) in [4.78, 5) is 13.4. The summed E-state index contributed by atoms with van der Waals surface area (Å²) in [6.07, 6.45) is 3.23. The summed E-state index contributed by atoms with van der Waals surface area (Å²) in [7, 11) is 0. The fourth-order valence-corrected chi connectivity index (χ4v) is 3.71. The molecule has 0 fully saturated rings. The van der Waals surface area contributed by atoms with Gasteiger partial charge in [-0.05, 0) is 41.1 Å². The number of ether oxygens (including phenoxy) is 2. The third kappa shape index (κ3) is 3.74. The van der Waals surface area contributed by atoms with Gasteiger partial charge in [0, 0.05) is 11.0 Å². The molecule has 1 aliphatic rings. The zero-order valence-corrected chi connectivity index (χ0v) is 15.0. The van der Waals surface area contributed by atoms with E-state index in [2.05, 4.69) is 19.2 Å². The highest BCUT2D eigenvalue weighted by molar-refractivity contribution is 7.10. The molecule has 1 aromatic heterocycles. The lowest BCUT2D eigenvalue weighted by Crippen LogP contribution is -2.29. The number of thiophene rings is 1. The number of carbonyl (C=O) groups excluding carboxylic acids is 1. The van der Waals surface area contributed by atoms with Gasteiger partial charge in [0.25, 0.3) is 0 Å². The van der Waals surface area contributed by atoms with E-state index in [0.717, 1.165) is 10.4 Å². The van der Waals surface area contributed by atoms with E-state index in [1.54, 1.807) is 29.5 Å². The van der Waals surface area contributed by atoms with Crippen molar-refractivity contribution in [2.24, 2.45) is 5.92 Å². The minimum Gasteiger partial charge on any atom is -0.454 e. The average molecular weight is 364 g/mol. The van der Waals surface area contributed by atoms with Gasteiger partial charge in [0.05, 0.1) is 11.1 Å². The average Bonchev–Trinajstić information content (AvgIpc) is 3.21. The number of halogens is 1. The number of rotatable bonds is 5. The molecule has 2 heterocycles. The van der Waals surface area contributed by atoms with E-state index in [0.29, 0.717) is 22.4 Å². The van der Waals surface area contributed by atoms with E-state index < -0.39 is 0 Å². The van der Waals surface area contributed by atoms with Gasteiger partial charge in [-0.1, -0.05) is 31.5 Å². The molecule has 126 valence electrons. The van der Waals surface area contributed by atoms with E-state index in [1.807, 2.05) is 17.5 Å². The molecule has 1 aromatic carbocycles. The van der Waals surface area contributed by atoms with E-state index in [9.17, 15) is 4.79 Å². The maximum atomic E-state index is 12.3. The number of benzene rings is 1. The van der Waals surface area contributed by atoms with Crippen molar-refractivity contribution in [3.05, 3.63) is 51.2 Å². The van der Waals surface area contributed by atoms with Gasteiger partial charge in [-0.3, -0.25) is 4.79 Å². The van der Waals surface area contributed by atoms with Crippen LogP contribution in [0.2, 0.25) is 5.02 Å². The molecule has 0 unspecified atom stereocenters. The predicted molar refractivity (Wildman–Crippen MR) is 96.6 cm³/mol. The normalized spacial score (nSPS) is 14.3. The van der Waals surface area contributed by atoms with E-state index in [4.69, 9.17) is 21.1 Å². The second kappa shape index (κ2) is 7.28. The van der Waals surface area contributed by atoms with Crippen LogP contribution in [0.15, 0.2) is 35.7 Å². The highest BCUT2D eigenvalue weighted by Crippen LogP contribution is 2.40. The van der Waals surface area contributed by atoms with Crippen LogP contribution in [0.5, 0.6) is 11.5 Å². The molecule has 0 spiro atoms. The van der Waals surface area contributed by atoms with Crippen molar-refractivity contribution < 1.29 is 14.3 Å². The van der Waals surface area contributed by atoms with Crippen LogP contribution in [-0.4, -0.2) is 12.7 Å². The fourth-order valence-electron chi connectivity index (χ4n) is 2.49. The van der Waals surface area contributed by atoms with Crippen molar-refractivity contribution in [1.82, 2.24) is 5.32 Å². The first-order chi connectivity index (χ1) is 11.5. The largest absolute Gasteiger partial charge is 0.454 e. The van der Waals surface area contributed by atoms with Crippen molar-refractivity contribution >= 4 is 34.9 Å². The molecule has 1 N–H and O–H groups in total. The molecule has 1 aliphatic heterocycles. The minimum absolute atomic E-state index is 0.00231. The molecule has 24 heavy (non-hydrogen) atoms. The number of hydrogen-bond acceptors (Lipinski definition) is 4. The number of fused-ring (bicyclic) bond motifs is 1. The Bertz CT molecular complexity index is 756. The molecule has 1 amide bonds. The quantitative estimate of drug-likeness (QED) is 0.786. The topological polar surface area (TPSA) is 47.6 Å². The fraction of sp³-hybridized carbons (Fsp3) is 0.278. The SMILES string of the molecule is CC(C)[C@@H](NC(=O)/C=C/c1cc(Cl)c2c(c1)OCO2)c1cccs1. The number of amides is 1. The number of nitrogens with one attached hydrogen (secondary N) is 1. The maximum absolute atomic E-state index is 12.3. The van der Waals surface area contributed by atoms with Crippen LogP contribution in [-0.2, 0) is 4.79 Å². The molecule has 0 saturated heterocycles. The Morgan fingerprint density at radius 2 is 2.21 bits per heavy atom. The molecule has 0 bridgehead atoms. The van der Waals surface area contributed by atoms with Crippen LogP contribution in [0.4, 0.5) is 0 Å². The molecular weight excluding hydrogens is 346 g/mol. The summed E-state index contributed by atoms with van der Waals surface area (Å²) in [6, 6.07) is 7.58. The first kappa shape index (κ1) is 16.9. The molecule has 0 radical (unpaired) electrons. The molecular formula is C18H18ClNO3S. The Hall–Kier alpha value is -1.98. The summed E-state index contributed by atoms with van der Waals surface area (Å²) in [5, 5.41) is 5.54. The third-order valence-electron chi connectivity index (χ3n) is 3.69. The van der Waals surface area contributed by atoms with E-state index in [1.165, 1.54) is 6.08 Å².